The van der Waals surface area contributed by atoms with E-state index in [2.05, 4.69) is 6.58 Å². The molecule has 0 aliphatic carbocycles. The maximum Gasteiger partial charge on any atom is 0.269 e. The largest absolute Gasteiger partial charge is 0.339 e. The first kappa shape index (κ1) is 15.7. The van der Waals surface area contributed by atoms with E-state index < -0.39 is 4.92 Å². The first-order chi connectivity index (χ1) is 10.5. The summed E-state index contributed by atoms with van der Waals surface area (Å²) in [6, 6.07) is 6.08. The van der Waals surface area contributed by atoms with E-state index in [0.29, 0.717) is 31.7 Å². The molecule has 7 nitrogen and oxygen atoms in total. The van der Waals surface area contributed by atoms with Gasteiger partial charge in [0.2, 0.25) is 11.8 Å². The Kier molecular flexibility index (Phi) is 4.88. The fourth-order valence-corrected chi connectivity index (χ4v) is 2.37. The van der Waals surface area contributed by atoms with E-state index in [1.165, 1.54) is 18.2 Å². The van der Waals surface area contributed by atoms with Crippen molar-refractivity contribution in [1.29, 1.82) is 0 Å². The summed E-state index contributed by atoms with van der Waals surface area (Å²) < 4.78 is 0. The van der Waals surface area contributed by atoms with Crippen LogP contribution in [0.1, 0.15) is 5.56 Å². The van der Waals surface area contributed by atoms with Gasteiger partial charge in [-0.25, -0.2) is 0 Å². The number of nitro benzene ring substituents is 1. The number of nitrogens with zero attached hydrogens (tertiary/aromatic N) is 3. The zero-order valence-corrected chi connectivity index (χ0v) is 12.1. The summed E-state index contributed by atoms with van der Waals surface area (Å²) in [6.07, 6.45) is 1.39. The summed E-state index contributed by atoms with van der Waals surface area (Å²) >= 11 is 0. The van der Waals surface area contributed by atoms with Gasteiger partial charge in [-0.15, -0.1) is 0 Å². The molecule has 2 rings (SSSR count). The summed E-state index contributed by atoms with van der Waals surface area (Å²) in [5, 5.41) is 10.7. The molecule has 0 N–H and O–H groups in total. The van der Waals surface area contributed by atoms with Crippen LogP contribution in [0.3, 0.4) is 0 Å². The summed E-state index contributed by atoms with van der Waals surface area (Å²) in [6.45, 7) is 5.33. The van der Waals surface area contributed by atoms with Crippen LogP contribution < -0.4 is 0 Å². The molecule has 7 heteroatoms. The fraction of sp³-hybridized carbons (Fsp3) is 0.333. The molecule has 2 amide bonds. The normalized spacial score (nSPS) is 14.5. The highest BCUT2D eigenvalue weighted by atomic mass is 16.6. The van der Waals surface area contributed by atoms with Gasteiger partial charge >= 0.3 is 0 Å². The molecule has 0 spiro atoms. The Morgan fingerprint density at radius 1 is 1.23 bits per heavy atom. The Morgan fingerprint density at radius 2 is 1.86 bits per heavy atom. The van der Waals surface area contributed by atoms with Crippen LogP contribution >= 0.6 is 0 Å². The Labute approximate surface area is 128 Å². The smallest absolute Gasteiger partial charge is 0.269 e. The predicted molar refractivity (Wildman–Crippen MR) is 80.2 cm³/mol. The number of carbonyl (C=O) groups is 2. The molecule has 0 saturated carbocycles. The van der Waals surface area contributed by atoms with E-state index in [9.17, 15) is 19.7 Å². The average molecular weight is 303 g/mol. The lowest BCUT2D eigenvalue weighted by atomic mass is 10.1. The third-order valence-electron chi connectivity index (χ3n) is 3.60. The lowest BCUT2D eigenvalue weighted by Crippen LogP contribution is -2.50. The second-order valence-corrected chi connectivity index (χ2v) is 5.01. The maximum absolute atomic E-state index is 12.2. The van der Waals surface area contributed by atoms with Gasteiger partial charge in [0.05, 0.1) is 11.3 Å². The van der Waals surface area contributed by atoms with E-state index in [1.807, 2.05) is 0 Å². The summed E-state index contributed by atoms with van der Waals surface area (Å²) in [4.78, 5) is 37.3. The molecule has 0 aromatic heterocycles. The summed E-state index contributed by atoms with van der Waals surface area (Å²) in [5.41, 5.74) is 0.593. The lowest BCUT2D eigenvalue weighted by molar-refractivity contribution is -0.384. The van der Waals surface area contributed by atoms with Crippen LogP contribution in [0.4, 0.5) is 5.69 Å². The topological polar surface area (TPSA) is 83.8 Å². The number of nitro groups is 1. The molecule has 116 valence electrons. The number of rotatable bonds is 4. The van der Waals surface area contributed by atoms with E-state index in [0.717, 1.165) is 0 Å². The monoisotopic (exact) mass is 303 g/mol. The molecule has 0 bridgehead atoms. The van der Waals surface area contributed by atoms with Crippen molar-refractivity contribution in [2.75, 3.05) is 26.2 Å². The van der Waals surface area contributed by atoms with Gasteiger partial charge in [0.15, 0.2) is 0 Å². The minimum absolute atomic E-state index is 0.0216. The van der Waals surface area contributed by atoms with Gasteiger partial charge in [0, 0.05) is 38.3 Å². The van der Waals surface area contributed by atoms with Crippen LogP contribution in [-0.4, -0.2) is 52.7 Å². The Balaban J connectivity index is 1.93. The summed E-state index contributed by atoms with van der Waals surface area (Å²) in [5.74, 6) is -0.225. The molecule has 0 radical (unpaired) electrons. The van der Waals surface area contributed by atoms with Gasteiger partial charge in [-0.3, -0.25) is 19.7 Å². The fourth-order valence-electron chi connectivity index (χ4n) is 2.37. The molecule has 1 aromatic carbocycles. The van der Waals surface area contributed by atoms with Crippen molar-refractivity contribution < 1.29 is 14.5 Å². The van der Waals surface area contributed by atoms with E-state index in [4.69, 9.17) is 0 Å². The molecule has 1 fully saturated rings. The van der Waals surface area contributed by atoms with Crippen LogP contribution in [0.2, 0.25) is 0 Å². The van der Waals surface area contributed by atoms with Crippen LogP contribution in [0.15, 0.2) is 36.9 Å². The molecular weight excluding hydrogens is 286 g/mol. The molecular formula is C15H17N3O4. The van der Waals surface area contributed by atoms with E-state index >= 15 is 0 Å². The number of amides is 2. The van der Waals surface area contributed by atoms with E-state index in [-0.39, 0.29) is 23.9 Å². The second kappa shape index (κ2) is 6.84. The number of benzene rings is 1. The minimum Gasteiger partial charge on any atom is -0.339 e. The van der Waals surface area contributed by atoms with Gasteiger partial charge in [-0.1, -0.05) is 18.7 Å². The quantitative estimate of drug-likeness (QED) is 0.472. The van der Waals surface area contributed by atoms with Crippen molar-refractivity contribution in [1.82, 2.24) is 9.80 Å². The van der Waals surface area contributed by atoms with Gasteiger partial charge in [-0.2, -0.15) is 0 Å². The van der Waals surface area contributed by atoms with Crippen molar-refractivity contribution in [2.24, 2.45) is 0 Å². The van der Waals surface area contributed by atoms with Crippen LogP contribution in [0.5, 0.6) is 0 Å². The van der Waals surface area contributed by atoms with Crippen molar-refractivity contribution in [3.05, 3.63) is 52.6 Å². The maximum atomic E-state index is 12.2. The van der Waals surface area contributed by atoms with Gasteiger partial charge < -0.3 is 9.80 Å². The number of hydrogen-bond donors (Lipinski definition) is 0. The first-order valence-corrected chi connectivity index (χ1v) is 6.93. The van der Waals surface area contributed by atoms with Crippen LogP contribution in [0, 0.1) is 10.1 Å². The van der Waals surface area contributed by atoms with Crippen molar-refractivity contribution in [3.8, 4) is 0 Å². The highest BCUT2D eigenvalue weighted by Gasteiger charge is 2.23. The highest BCUT2D eigenvalue weighted by Crippen LogP contribution is 2.14. The molecule has 1 saturated heterocycles. The first-order valence-electron chi connectivity index (χ1n) is 6.93. The molecule has 1 aliphatic heterocycles. The third-order valence-corrected chi connectivity index (χ3v) is 3.60. The molecule has 1 aromatic rings. The molecule has 0 unspecified atom stereocenters. The Hall–Kier alpha value is -2.70. The molecule has 1 heterocycles. The molecule has 0 atom stereocenters. The molecule has 1 aliphatic rings. The summed E-state index contributed by atoms with van der Waals surface area (Å²) in [7, 11) is 0. The molecule has 22 heavy (non-hydrogen) atoms. The van der Waals surface area contributed by atoms with Crippen molar-refractivity contribution in [3.63, 3.8) is 0 Å². The average Bonchev–Trinajstić information content (AvgIpc) is 2.54. The lowest BCUT2D eigenvalue weighted by Gasteiger charge is -2.34. The minimum atomic E-state index is -0.479. The van der Waals surface area contributed by atoms with Gasteiger partial charge in [0.1, 0.15) is 0 Å². The number of hydrogen-bond acceptors (Lipinski definition) is 4. The second-order valence-electron chi connectivity index (χ2n) is 5.01. The number of non-ortho nitro benzene ring substituents is 1. The van der Waals surface area contributed by atoms with Gasteiger partial charge in [-0.05, 0) is 11.6 Å². The SMILES string of the molecule is C=CC(=O)N1CCN(C(=O)Cc2cccc([N+](=O)[O-])c2)CC1. The van der Waals surface area contributed by atoms with Crippen molar-refractivity contribution >= 4 is 17.5 Å². The van der Waals surface area contributed by atoms with Gasteiger partial charge in [0.25, 0.3) is 5.69 Å². The van der Waals surface area contributed by atoms with Crippen LogP contribution in [-0.2, 0) is 16.0 Å². The number of piperazine rings is 1. The van der Waals surface area contributed by atoms with Crippen molar-refractivity contribution in [2.45, 2.75) is 6.42 Å². The third kappa shape index (κ3) is 3.69. The van der Waals surface area contributed by atoms with Crippen LogP contribution in [0.25, 0.3) is 0 Å². The predicted octanol–water partition coefficient (Wildman–Crippen LogP) is 0.994. The zero-order chi connectivity index (χ0) is 16.1. The Morgan fingerprint density at radius 3 is 2.45 bits per heavy atom. The Bertz CT molecular complexity index is 607. The zero-order valence-electron chi connectivity index (χ0n) is 12.1. The number of carbonyl (C=O) groups excluding carboxylic acids is 2. The highest BCUT2D eigenvalue weighted by molar-refractivity contribution is 5.87. The standard InChI is InChI=1S/C15H17N3O4/c1-2-14(19)16-6-8-17(9-7-16)15(20)11-12-4-3-5-13(10-12)18(21)22/h2-5,10H,1,6-9,11H2. The van der Waals surface area contributed by atoms with E-state index in [1.54, 1.807) is 21.9 Å².